The van der Waals surface area contributed by atoms with E-state index in [-0.39, 0.29) is 11.5 Å². The van der Waals surface area contributed by atoms with Crippen LogP contribution in [0.3, 0.4) is 0 Å². The largest absolute Gasteiger partial charge is 0.493 e. The molecule has 0 aromatic heterocycles. The van der Waals surface area contributed by atoms with Crippen LogP contribution in [-0.2, 0) is 14.6 Å². The summed E-state index contributed by atoms with van der Waals surface area (Å²) in [6.07, 6.45) is 15.3. The molecule has 1 radical (unpaired) electrons. The fraction of sp³-hybridized carbons (Fsp3) is 0.583. The zero-order valence-electron chi connectivity index (χ0n) is 17.5. The summed E-state index contributed by atoms with van der Waals surface area (Å²) in [7, 11) is 0. The van der Waals surface area contributed by atoms with E-state index >= 15 is 0 Å². The maximum atomic E-state index is 11.0. The van der Waals surface area contributed by atoms with Gasteiger partial charge in [0.1, 0.15) is 11.3 Å². The number of esters is 1. The van der Waals surface area contributed by atoms with E-state index in [2.05, 4.69) is 6.58 Å². The smallest absolute Gasteiger partial charge is 0.390 e. The fourth-order valence-corrected chi connectivity index (χ4v) is 3.15. The van der Waals surface area contributed by atoms with Crippen molar-refractivity contribution in [3.63, 3.8) is 0 Å². The third-order valence-electron chi connectivity index (χ3n) is 4.81. The summed E-state index contributed by atoms with van der Waals surface area (Å²) in [5.41, 5.74) is 0.114. The maximum absolute atomic E-state index is 11.0. The van der Waals surface area contributed by atoms with Crippen molar-refractivity contribution < 1.29 is 24.2 Å². The summed E-state index contributed by atoms with van der Waals surface area (Å²) in [5, 5.41) is 11.0. The molecule has 0 aliphatic rings. The molecular formula is C24H35O5. The van der Waals surface area contributed by atoms with Crippen molar-refractivity contribution in [2.24, 2.45) is 0 Å². The maximum Gasteiger partial charge on any atom is 0.390 e. The van der Waals surface area contributed by atoms with Crippen molar-refractivity contribution in [2.45, 2.75) is 77.0 Å². The van der Waals surface area contributed by atoms with E-state index in [4.69, 9.17) is 9.47 Å². The van der Waals surface area contributed by atoms with E-state index < -0.39 is 5.97 Å². The Balaban J connectivity index is 1.84. The zero-order chi connectivity index (χ0) is 21.2. The molecule has 0 fully saturated rings. The van der Waals surface area contributed by atoms with Crippen molar-refractivity contribution in [3.05, 3.63) is 42.5 Å². The SMILES string of the molecule is C=CC(=O)OCCCCCCCCCCCCCCOc1ccccc1C([O])=O. The van der Waals surface area contributed by atoms with E-state index in [1.165, 1.54) is 63.5 Å². The Kier molecular flexibility index (Phi) is 14.2. The second-order valence-electron chi connectivity index (χ2n) is 7.25. The quantitative estimate of drug-likeness (QED) is 0.170. The molecule has 0 atom stereocenters. The van der Waals surface area contributed by atoms with Gasteiger partial charge in [-0.3, -0.25) is 0 Å². The van der Waals surface area contributed by atoms with Crippen LogP contribution >= 0.6 is 0 Å². The van der Waals surface area contributed by atoms with Gasteiger partial charge in [-0.25, -0.2) is 14.7 Å². The van der Waals surface area contributed by atoms with Crippen molar-refractivity contribution in [1.82, 2.24) is 0 Å². The van der Waals surface area contributed by atoms with Gasteiger partial charge in [0, 0.05) is 6.08 Å². The lowest BCUT2D eigenvalue weighted by atomic mass is 10.1. The molecule has 1 aromatic rings. The lowest BCUT2D eigenvalue weighted by Gasteiger charge is -2.08. The number of unbranched alkanes of at least 4 members (excludes halogenated alkanes) is 11. The van der Waals surface area contributed by atoms with Crippen molar-refractivity contribution >= 4 is 11.9 Å². The van der Waals surface area contributed by atoms with Gasteiger partial charge >= 0.3 is 11.9 Å². The molecule has 0 saturated carbocycles. The Labute approximate surface area is 175 Å². The van der Waals surface area contributed by atoms with Crippen LogP contribution in [0.5, 0.6) is 5.75 Å². The fourth-order valence-electron chi connectivity index (χ4n) is 3.15. The van der Waals surface area contributed by atoms with Gasteiger partial charge < -0.3 is 9.47 Å². The number of hydrogen-bond donors (Lipinski definition) is 0. The minimum absolute atomic E-state index is 0.114. The molecule has 0 heterocycles. The summed E-state index contributed by atoms with van der Waals surface area (Å²) in [4.78, 5) is 21.9. The summed E-state index contributed by atoms with van der Waals surface area (Å²) >= 11 is 0. The zero-order valence-corrected chi connectivity index (χ0v) is 17.5. The lowest BCUT2D eigenvalue weighted by molar-refractivity contribution is -0.137. The van der Waals surface area contributed by atoms with Gasteiger partial charge in [0.2, 0.25) is 0 Å². The highest BCUT2D eigenvalue weighted by Gasteiger charge is 2.11. The summed E-state index contributed by atoms with van der Waals surface area (Å²) < 4.78 is 10.5. The number of hydrogen-bond acceptors (Lipinski definition) is 4. The van der Waals surface area contributed by atoms with E-state index in [0.29, 0.717) is 19.0 Å². The Bertz CT molecular complexity index is 597. The molecule has 0 unspecified atom stereocenters. The summed E-state index contributed by atoms with van der Waals surface area (Å²) in [6.45, 7) is 4.41. The average Bonchev–Trinajstić information content (AvgIpc) is 2.73. The van der Waals surface area contributed by atoms with Crippen LogP contribution in [0.1, 0.15) is 87.4 Å². The van der Waals surface area contributed by atoms with Gasteiger partial charge in [0.05, 0.1) is 13.2 Å². The monoisotopic (exact) mass is 403 g/mol. The topological polar surface area (TPSA) is 72.5 Å². The predicted molar refractivity (Wildman–Crippen MR) is 114 cm³/mol. The Morgan fingerprint density at radius 1 is 0.759 bits per heavy atom. The molecule has 0 aliphatic heterocycles. The third-order valence-corrected chi connectivity index (χ3v) is 4.81. The molecule has 5 heteroatoms. The molecule has 0 aliphatic carbocycles. The van der Waals surface area contributed by atoms with Crippen molar-refractivity contribution in [1.29, 1.82) is 0 Å². The average molecular weight is 404 g/mol. The first-order chi connectivity index (χ1) is 14.1. The van der Waals surface area contributed by atoms with Gasteiger partial charge in [0.25, 0.3) is 0 Å². The first kappa shape index (κ1) is 24.7. The van der Waals surface area contributed by atoms with E-state index in [1.54, 1.807) is 18.2 Å². The number of carbonyl (C=O) groups is 2. The molecule has 0 bridgehead atoms. The van der Waals surface area contributed by atoms with Crippen LogP contribution in [0.4, 0.5) is 0 Å². The number of carbonyl (C=O) groups excluding carboxylic acids is 2. The summed E-state index contributed by atoms with van der Waals surface area (Å²) in [6, 6.07) is 6.61. The lowest BCUT2D eigenvalue weighted by Crippen LogP contribution is -2.03. The van der Waals surface area contributed by atoms with Crippen LogP contribution in [0.25, 0.3) is 0 Å². The van der Waals surface area contributed by atoms with Gasteiger partial charge in [0.15, 0.2) is 0 Å². The van der Waals surface area contributed by atoms with E-state index in [9.17, 15) is 14.7 Å². The molecule has 0 N–H and O–H groups in total. The minimum Gasteiger partial charge on any atom is -0.493 e. The number of benzene rings is 1. The molecule has 0 spiro atoms. The molecule has 5 nitrogen and oxygen atoms in total. The molecule has 161 valence electrons. The normalized spacial score (nSPS) is 10.5. The molecule has 1 aromatic carbocycles. The molecule has 1 rings (SSSR count). The van der Waals surface area contributed by atoms with Gasteiger partial charge in [-0.05, 0) is 25.0 Å². The Hall–Kier alpha value is -2.30. The van der Waals surface area contributed by atoms with E-state index in [1.807, 2.05) is 0 Å². The molecule has 29 heavy (non-hydrogen) atoms. The second-order valence-corrected chi connectivity index (χ2v) is 7.25. The van der Waals surface area contributed by atoms with Gasteiger partial charge in [-0.15, -0.1) is 0 Å². The molecule has 0 saturated heterocycles. The Morgan fingerprint density at radius 3 is 1.76 bits per heavy atom. The second kappa shape index (κ2) is 16.6. The number of rotatable bonds is 18. The first-order valence-electron chi connectivity index (χ1n) is 10.9. The molecule has 0 amide bonds. The summed E-state index contributed by atoms with van der Waals surface area (Å²) in [5.74, 6) is -1.14. The van der Waals surface area contributed by atoms with Crippen molar-refractivity contribution in [2.75, 3.05) is 13.2 Å². The predicted octanol–water partition coefficient (Wildman–Crippen LogP) is 6.05. The highest BCUT2D eigenvalue weighted by atomic mass is 16.5. The first-order valence-corrected chi connectivity index (χ1v) is 10.9. The standard InChI is InChI=1S/C24H35O5/c1-2-23(25)29-20-16-12-10-8-6-4-3-5-7-9-11-15-19-28-22-18-14-13-17-21(22)24(26)27/h2,13-14,17-18H,1,3-12,15-16,19-20H2. The highest BCUT2D eigenvalue weighted by molar-refractivity contribution is 5.90. The van der Waals surface area contributed by atoms with Gasteiger partial charge in [-0.1, -0.05) is 82.9 Å². The third kappa shape index (κ3) is 12.7. The van der Waals surface area contributed by atoms with Crippen LogP contribution in [0.15, 0.2) is 36.9 Å². The molecular weight excluding hydrogens is 368 g/mol. The van der Waals surface area contributed by atoms with E-state index in [0.717, 1.165) is 25.7 Å². The number of ether oxygens (including phenoxy) is 2. The highest BCUT2D eigenvalue weighted by Crippen LogP contribution is 2.18. The van der Waals surface area contributed by atoms with Crippen LogP contribution in [0.2, 0.25) is 0 Å². The minimum atomic E-state index is -1.20. The van der Waals surface area contributed by atoms with Crippen LogP contribution in [-0.4, -0.2) is 25.2 Å². The van der Waals surface area contributed by atoms with Crippen molar-refractivity contribution in [3.8, 4) is 5.75 Å². The Morgan fingerprint density at radius 2 is 1.24 bits per heavy atom. The van der Waals surface area contributed by atoms with Crippen LogP contribution in [0, 0.1) is 0 Å². The number of para-hydroxylation sites is 1. The van der Waals surface area contributed by atoms with Gasteiger partial charge in [-0.2, -0.15) is 0 Å². The van der Waals surface area contributed by atoms with Crippen LogP contribution < -0.4 is 4.74 Å².